The van der Waals surface area contributed by atoms with Crippen molar-refractivity contribution in [3.05, 3.63) is 62.7 Å². The molecular formula is C22H22Cl2N2O2. The first kappa shape index (κ1) is 19.2. The van der Waals surface area contributed by atoms with Crippen molar-refractivity contribution in [2.45, 2.75) is 13.3 Å². The van der Waals surface area contributed by atoms with E-state index in [9.17, 15) is 0 Å². The van der Waals surface area contributed by atoms with Crippen molar-refractivity contribution in [2.75, 3.05) is 38.8 Å². The fraction of sp³-hybridized carbons (Fsp3) is 0.318. The number of methoxy groups -OCH3 is 2. The Kier molecular flexibility index (Phi) is 5.26. The maximum atomic E-state index is 6.61. The number of ether oxygens (including phenoxy) is 2. The molecule has 0 amide bonds. The van der Waals surface area contributed by atoms with E-state index in [0.29, 0.717) is 28.1 Å². The summed E-state index contributed by atoms with van der Waals surface area (Å²) in [7, 11) is 3.18. The van der Waals surface area contributed by atoms with E-state index in [-0.39, 0.29) is 0 Å². The highest BCUT2D eigenvalue weighted by atomic mass is 35.5. The lowest BCUT2D eigenvalue weighted by Gasteiger charge is -2.32. The van der Waals surface area contributed by atoms with Gasteiger partial charge in [0, 0.05) is 24.7 Å². The second-order valence-electron chi connectivity index (χ2n) is 6.99. The second kappa shape index (κ2) is 7.69. The first-order valence-corrected chi connectivity index (χ1v) is 9.97. The van der Waals surface area contributed by atoms with Gasteiger partial charge >= 0.3 is 0 Å². The van der Waals surface area contributed by atoms with Gasteiger partial charge in [0.15, 0.2) is 0 Å². The van der Waals surface area contributed by atoms with Crippen molar-refractivity contribution in [1.82, 2.24) is 0 Å². The van der Waals surface area contributed by atoms with Crippen LogP contribution in [0.15, 0.2) is 46.5 Å². The third-order valence-corrected chi connectivity index (χ3v) is 6.15. The Labute approximate surface area is 175 Å². The average Bonchev–Trinajstić information content (AvgIpc) is 3.12. The smallest absolute Gasteiger partial charge is 0.143 e. The number of aryl methyl sites for hydroxylation is 1. The Morgan fingerprint density at radius 2 is 1.71 bits per heavy atom. The first-order chi connectivity index (χ1) is 13.5. The number of anilines is 1. The third kappa shape index (κ3) is 3.15. The van der Waals surface area contributed by atoms with Crippen LogP contribution in [0.5, 0.6) is 11.5 Å². The predicted molar refractivity (Wildman–Crippen MR) is 116 cm³/mol. The molecule has 0 unspecified atom stereocenters. The van der Waals surface area contributed by atoms with Gasteiger partial charge in [-0.15, -0.1) is 0 Å². The van der Waals surface area contributed by atoms with Gasteiger partial charge in [-0.2, -0.15) is 0 Å². The van der Waals surface area contributed by atoms with Crippen LogP contribution in [0.3, 0.4) is 0 Å². The summed E-state index contributed by atoms with van der Waals surface area (Å²) in [5.41, 5.74) is 7.04. The standard InChI is InChI=1S/C22H22Cl2N2O2/c1-13-6-4-5-7-15(13)21-16-8-9-26(12-14(16)11-25-21)22-19(23)17(27-2)10-18(28-3)20(22)24/h4-7,10H,8-9,11-12H2,1-3H3. The lowest BCUT2D eigenvalue weighted by molar-refractivity contribution is 0.394. The molecule has 4 rings (SSSR count). The van der Waals surface area contributed by atoms with E-state index in [1.807, 2.05) is 0 Å². The zero-order valence-electron chi connectivity index (χ0n) is 16.2. The van der Waals surface area contributed by atoms with Gasteiger partial charge in [0.2, 0.25) is 0 Å². The molecule has 2 aromatic carbocycles. The number of halogens is 2. The summed E-state index contributed by atoms with van der Waals surface area (Å²) >= 11 is 13.2. The Bertz CT molecular complexity index is 970. The SMILES string of the molecule is COc1cc(OC)c(Cl)c(N2CCC3=C(CN=C3c3ccccc3C)C2)c1Cl. The molecule has 0 radical (unpaired) electrons. The summed E-state index contributed by atoms with van der Waals surface area (Å²) in [4.78, 5) is 7.05. The van der Waals surface area contributed by atoms with Crippen molar-refractivity contribution in [1.29, 1.82) is 0 Å². The van der Waals surface area contributed by atoms with Gasteiger partial charge in [-0.3, -0.25) is 4.99 Å². The van der Waals surface area contributed by atoms with E-state index in [1.165, 1.54) is 22.3 Å². The molecule has 0 atom stereocenters. The highest BCUT2D eigenvalue weighted by Gasteiger charge is 2.30. The molecule has 0 aromatic heterocycles. The van der Waals surface area contributed by atoms with Gasteiger partial charge in [-0.1, -0.05) is 47.5 Å². The van der Waals surface area contributed by atoms with Crippen molar-refractivity contribution < 1.29 is 9.47 Å². The fourth-order valence-electron chi connectivity index (χ4n) is 3.96. The van der Waals surface area contributed by atoms with Gasteiger partial charge < -0.3 is 14.4 Å². The van der Waals surface area contributed by atoms with Gasteiger partial charge in [-0.25, -0.2) is 0 Å². The van der Waals surface area contributed by atoms with Gasteiger partial charge in [0.1, 0.15) is 21.5 Å². The molecule has 0 fully saturated rings. The molecular weight excluding hydrogens is 395 g/mol. The molecule has 146 valence electrons. The topological polar surface area (TPSA) is 34.1 Å². The monoisotopic (exact) mass is 416 g/mol. The molecule has 6 heteroatoms. The van der Waals surface area contributed by atoms with Crippen LogP contribution in [0.2, 0.25) is 10.0 Å². The summed E-state index contributed by atoms with van der Waals surface area (Å²) in [5, 5.41) is 1.02. The van der Waals surface area contributed by atoms with E-state index in [2.05, 4.69) is 36.1 Å². The number of benzene rings is 2. The molecule has 2 aliphatic heterocycles. The first-order valence-electron chi connectivity index (χ1n) is 9.21. The van der Waals surface area contributed by atoms with Crippen molar-refractivity contribution in [2.24, 2.45) is 4.99 Å². The van der Waals surface area contributed by atoms with Crippen LogP contribution < -0.4 is 14.4 Å². The van der Waals surface area contributed by atoms with Gasteiger partial charge in [0.25, 0.3) is 0 Å². The summed E-state index contributed by atoms with van der Waals surface area (Å²) in [6.45, 7) is 4.39. The lowest BCUT2D eigenvalue weighted by Crippen LogP contribution is -2.33. The third-order valence-electron chi connectivity index (χ3n) is 5.42. The van der Waals surface area contributed by atoms with Crippen LogP contribution in [-0.2, 0) is 0 Å². The van der Waals surface area contributed by atoms with Crippen LogP contribution in [0, 0.1) is 6.92 Å². The van der Waals surface area contributed by atoms with E-state index >= 15 is 0 Å². The van der Waals surface area contributed by atoms with E-state index < -0.39 is 0 Å². The van der Waals surface area contributed by atoms with Crippen molar-refractivity contribution >= 4 is 34.6 Å². The summed E-state index contributed by atoms with van der Waals surface area (Å²) in [6.07, 6.45) is 0.898. The Morgan fingerprint density at radius 1 is 1.04 bits per heavy atom. The summed E-state index contributed by atoms with van der Waals surface area (Å²) in [6, 6.07) is 10.1. The molecule has 0 N–H and O–H groups in total. The minimum atomic E-state index is 0.510. The molecule has 28 heavy (non-hydrogen) atoms. The Morgan fingerprint density at radius 3 is 2.36 bits per heavy atom. The van der Waals surface area contributed by atoms with Crippen molar-refractivity contribution in [3.63, 3.8) is 0 Å². The largest absolute Gasteiger partial charge is 0.495 e. The normalized spacial score (nSPS) is 16.2. The van der Waals surface area contributed by atoms with Crippen LogP contribution in [0.25, 0.3) is 0 Å². The number of rotatable bonds is 4. The quantitative estimate of drug-likeness (QED) is 0.675. The van der Waals surface area contributed by atoms with E-state index in [1.54, 1.807) is 20.3 Å². The van der Waals surface area contributed by atoms with E-state index in [4.69, 9.17) is 37.7 Å². The zero-order valence-corrected chi connectivity index (χ0v) is 17.7. The highest BCUT2D eigenvalue weighted by Crippen LogP contribution is 2.47. The molecule has 2 aromatic rings. The fourth-order valence-corrected chi connectivity index (χ4v) is 4.70. The Hall–Kier alpha value is -2.17. The Balaban J connectivity index is 1.68. The summed E-state index contributed by atoms with van der Waals surface area (Å²) in [5.74, 6) is 1.11. The molecule has 2 heterocycles. The molecule has 0 saturated carbocycles. The molecule has 4 nitrogen and oxygen atoms in total. The number of aliphatic imine (C=N–C) groups is 1. The predicted octanol–water partition coefficient (Wildman–Crippen LogP) is 5.33. The molecule has 0 spiro atoms. The number of hydrogen-bond acceptors (Lipinski definition) is 4. The van der Waals surface area contributed by atoms with Crippen molar-refractivity contribution in [3.8, 4) is 11.5 Å². The van der Waals surface area contributed by atoms with Gasteiger partial charge in [0.05, 0.1) is 32.2 Å². The molecule has 0 saturated heterocycles. The maximum absolute atomic E-state index is 6.61. The van der Waals surface area contributed by atoms with Crippen LogP contribution in [0.1, 0.15) is 17.5 Å². The second-order valence-corrected chi connectivity index (χ2v) is 7.75. The molecule has 0 bridgehead atoms. The molecule has 0 aliphatic carbocycles. The molecule has 2 aliphatic rings. The summed E-state index contributed by atoms with van der Waals surface area (Å²) < 4.78 is 10.8. The van der Waals surface area contributed by atoms with Crippen LogP contribution >= 0.6 is 23.2 Å². The van der Waals surface area contributed by atoms with Crippen LogP contribution in [0.4, 0.5) is 5.69 Å². The minimum Gasteiger partial charge on any atom is -0.495 e. The van der Waals surface area contributed by atoms with E-state index in [0.717, 1.165) is 30.9 Å². The zero-order chi connectivity index (χ0) is 19.8. The van der Waals surface area contributed by atoms with Crippen LogP contribution in [-0.4, -0.2) is 39.6 Å². The van der Waals surface area contributed by atoms with Gasteiger partial charge in [-0.05, 0) is 30.1 Å². The number of hydrogen-bond donors (Lipinski definition) is 0. The lowest BCUT2D eigenvalue weighted by atomic mass is 9.92. The minimum absolute atomic E-state index is 0.510. The highest BCUT2D eigenvalue weighted by molar-refractivity contribution is 6.41. The maximum Gasteiger partial charge on any atom is 0.143 e. The number of nitrogens with zero attached hydrogens (tertiary/aromatic N) is 2. The average molecular weight is 417 g/mol.